The number of hydrogen-bond acceptors (Lipinski definition) is 6. The summed E-state index contributed by atoms with van der Waals surface area (Å²) < 4.78 is 5.20. The van der Waals surface area contributed by atoms with Crippen molar-refractivity contribution in [1.82, 2.24) is 14.7 Å². The standard InChI is InChI=1S/C16H16Cl2N4O4/c1-20-13-12(14(24)21(2)16(20)25)22(15(18)19-13)7-10(23)9-6-8(17)4-5-11(9)26-3/h4-6,12-13H,7H2,1-3H3. The zero-order chi connectivity index (χ0) is 19.2. The van der Waals surface area contributed by atoms with Crippen molar-refractivity contribution in [2.75, 3.05) is 27.7 Å². The molecule has 0 bridgehead atoms. The van der Waals surface area contributed by atoms with Crippen LogP contribution in [0.3, 0.4) is 0 Å². The van der Waals surface area contributed by atoms with Crippen LogP contribution in [0.25, 0.3) is 0 Å². The van der Waals surface area contributed by atoms with Gasteiger partial charge in [-0.25, -0.2) is 9.79 Å². The van der Waals surface area contributed by atoms with Crippen molar-refractivity contribution in [2.45, 2.75) is 12.2 Å². The maximum atomic E-state index is 12.8. The molecule has 2 aliphatic heterocycles. The number of amidine groups is 1. The molecule has 2 aliphatic rings. The zero-order valence-electron chi connectivity index (χ0n) is 14.3. The Labute approximate surface area is 159 Å². The first-order chi connectivity index (χ1) is 12.3. The van der Waals surface area contributed by atoms with Crippen LogP contribution in [0.15, 0.2) is 23.2 Å². The fourth-order valence-electron chi connectivity index (χ4n) is 3.03. The van der Waals surface area contributed by atoms with Gasteiger partial charge in [-0.2, -0.15) is 0 Å². The van der Waals surface area contributed by atoms with Crippen molar-refractivity contribution < 1.29 is 19.1 Å². The van der Waals surface area contributed by atoms with Crippen LogP contribution >= 0.6 is 23.2 Å². The molecule has 26 heavy (non-hydrogen) atoms. The third-order valence-electron chi connectivity index (χ3n) is 4.44. The molecule has 1 saturated heterocycles. The smallest absolute Gasteiger partial charge is 0.328 e. The summed E-state index contributed by atoms with van der Waals surface area (Å²) in [5.41, 5.74) is 0.272. The van der Waals surface area contributed by atoms with Crippen LogP contribution in [-0.4, -0.2) is 77.7 Å². The van der Waals surface area contributed by atoms with Crippen molar-refractivity contribution in [1.29, 1.82) is 0 Å². The fourth-order valence-corrected chi connectivity index (χ4v) is 3.47. The van der Waals surface area contributed by atoms with Gasteiger partial charge < -0.3 is 14.5 Å². The zero-order valence-corrected chi connectivity index (χ0v) is 15.8. The van der Waals surface area contributed by atoms with E-state index in [2.05, 4.69) is 4.99 Å². The molecule has 0 aliphatic carbocycles. The summed E-state index contributed by atoms with van der Waals surface area (Å²) >= 11 is 12.1. The Hall–Kier alpha value is -2.32. The first-order valence-corrected chi connectivity index (χ1v) is 8.43. The molecule has 2 unspecified atom stereocenters. The molecule has 1 fully saturated rings. The van der Waals surface area contributed by atoms with Gasteiger partial charge in [0.1, 0.15) is 5.75 Å². The summed E-state index contributed by atoms with van der Waals surface area (Å²) in [7, 11) is 4.35. The molecule has 3 rings (SSSR count). The summed E-state index contributed by atoms with van der Waals surface area (Å²) in [5, 5.41) is 0.379. The van der Waals surface area contributed by atoms with Gasteiger partial charge in [-0.1, -0.05) is 11.6 Å². The van der Waals surface area contributed by atoms with Crippen molar-refractivity contribution >= 4 is 46.2 Å². The maximum absolute atomic E-state index is 12.8. The lowest BCUT2D eigenvalue weighted by Crippen LogP contribution is -2.64. The van der Waals surface area contributed by atoms with Gasteiger partial charge in [0, 0.05) is 19.1 Å². The van der Waals surface area contributed by atoms with E-state index in [0.29, 0.717) is 10.8 Å². The Kier molecular flexibility index (Phi) is 4.81. The third kappa shape index (κ3) is 2.89. The van der Waals surface area contributed by atoms with E-state index >= 15 is 0 Å². The maximum Gasteiger partial charge on any atom is 0.328 e. The Morgan fingerprint density at radius 2 is 1.96 bits per heavy atom. The van der Waals surface area contributed by atoms with Crippen LogP contribution < -0.4 is 4.74 Å². The molecule has 2 heterocycles. The third-order valence-corrected chi connectivity index (χ3v) is 4.99. The second-order valence-corrected chi connectivity index (χ2v) is 6.72. The van der Waals surface area contributed by atoms with Crippen molar-refractivity contribution in [3.05, 3.63) is 28.8 Å². The summed E-state index contributed by atoms with van der Waals surface area (Å²) in [4.78, 5) is 45.3. The monoisotopic (exact) mass is 398 g/mol. The van der Waals surface area contributed by atoms with Crippen LogP contribution in [0.4, 0.5) is 4.79 Å². The number of urea groups is 1. The molecular weight excluding hydrogens is 383 g/mol. The van der Waals surface area contributed by atoms with E-state index in [-0.39, 0.29) is 23.2 Å². The number of aliphatic imine (C=N–C) groups is 1. The normalized spacial score (nSPS) is 22.5. The van der Waals surface area contributed by atoms with Crippen molar-refractivity contribution in [3.8, 4) is 5.75 Å². The summed E-state index contributed by atoms with van der Waals surface area (Å²) in [6.45, 7) is -0.207. The number of halogens is 2. The minimum atomic E-state index is -0.857. The number of hydrogen-bond donors (Lipinski definition) is 0. The molecule has 0 aromatic heterocycles. The molecule has 8 nitrogen and oxygen atoms in total. The lowest BCUT2D eigenvalue weighted by Gasteiger charge is -2.39. The molecule has 0 N–H and O–H groups in total. The molecule has 2 atom stereocenters. The highest BCUT2D eigenvalue weighted by atomic mass is 35.5. The summed E-state index contributed by atoms with van der Waals surface area (Å²) in [6.07, 6.45) is -0.771. The van der Waals surface area contributed by atoms with Crippen molar-refractivity contribution in [2.24, 2.45) is 4.99 Å². The van der Waals surface area contributed by atoms with E-state index in [1.165, 1.54) is 37.1 Å². The van der Waals surface area contributed by atoms with Gasteiger partial charge in [0.25, 0.3) is 5.91 Å². The topological polar surface area (TPSA) is 82.5 Å². The predicted molar refractivity (Wildman–Crippen MR) is 95.8 cm³/mol. The van der Waals surface area contributed by atoms with E-state index in [1.807, 2.05) is 0 Å². The van der Waals surface area contributed by atoms with Crippen LogP contribution in [0.5, 0.6) is 5.75 Å². The first-order valence-electron chi connectivity index (χ1n) is 7.67. The number of ketones is 1. The molecule has 138 valence electrons. The van der Waals surface area contributed by atoms with Crippen molar-refractivity contribution in [3.63, 3.8) is 0 Å². The summed E-state index contributed by atoms with van der Waals surface area (Å²) in [5.74, 6) is -0.445. The largest absolute Gasteiger partial charge is 0.496 e. The Bertz CT molecular complexity index is 828. The van der Waals surface area contributed by atoms with E-state index in [9.17, 15) is 14.4 Å². The number of fused-ring (bicyclic) bond motifs is 1. The average Bonchev–Trinajstić information content (AvgIpc) is 2.94. The number of carbonyl (C=O) groups is 3. The molecule has 10 heteroatoms. The fraction of sp³-hybridized carbons (Fsp3) is 0.375. The number of nitrogens with zero attached hydrogens (tertiary/aromatic N) is 4. The highest BCUT2D eigenvalue weighted by molar-refractivity contribution is 6.65. The van der Waals surface area contributed by atoms with Gasteiger partial charge in [0.05, 0.1) is 19.2 Å². The molecule has 1 aromatic rings. The number of carbonyl (C=O) groups excluding carboxylic acids is 3. The lowest BCUT2D eigenvalue weighted by atomic mass is 10.1. The average molecular weight is 399 g/mol. The van der Waals surface area contributed by atoms with E-state index in [0.717, 1.165) is 4.90 Å². The molecule has 3 amide bonds. The molecule has 0 saturated carbocycles. The van der Waals surface area contributed by atoms with Crippen LogP contribution in [-0.2, 0) is 4.79 Å². The number of rotatable bonds is 4. The van der Waals surface area contributed by atoms with Crippen LogP contribution in [0.1, 0.15) is 10.4 Å². The highest BCUT2D eigenvalue weighted by Gasteiger charge is 2.51. The predicted octanol–water partition coefficient (Wildman–Crippen LogP) is 1.66. The molecule has 0 radical (unpaired) electrons. The minimum Gasteiger partial charge on any atom is -0.496 e. The van der Waals surface area contributed by atoms with Crippen LogP contribution in [0.2, 0.25) is 5.02 Å². The Morgan fingerprint density at radius 3 is 2.62 bits per heavy atom. The van der Waals surface area contributed by atoms with Gasteiger partial charge >= 0.3 is 6.03 Å². The number of methoxy groups -OCH3 is 1. The van der Waals surface area contributed by atoms with E-state index in [1.54, 1.807) is 12.1 Å². The first kappa shape index (κ1) is 18.5. The molecular formula is C16H16Cl2N4O4. The highest BCUT2D eigenvalue weighted by Crippen LogP contribution is 2.29. The Morgan fingerprint density at radius 1 is 1.27 bits per heavy atom. The minimum absolute atomic E-state index is 0.00218. The second-order valence-electron chi connectivity index (χ2n) is 5.94. The number of likely N-dealkylation sites (N-methyl/N-ethyl adjacent to an activating group) is 2. The molecule has 0 spiro atoms. The Balaban J connectivity index is 1.89. The van der Waals surface area contributed by atoms with Gasteiger partial charge in [-0.05, 0) is 29.8 Å². The lowest BCUT2D eigenvalue weighted by molar-refractivity contribution is -0.135. The second kappa shape index (κ2) is 6.77. The number of ether oxygens (including phenoxy) is 1. The number of imide groups is 1. The van der Waals surface area contributed by atoms with Gasteiger partial charge in [-0.3, -0.25) is 14.5 Å². The SMILES string of the molecule is COc1ccc(Cl)cc1C(=O)CN1C(Cl)=NC2C1C(=O)N(C)C(=O)N2C. The van der Waals surface area contributed by atoms with Gasteiger partial charge in [0.2, 0.25) is 0 Å². The van der Waals surface area contributed by atoms with E-state index in [4.69, 9.17) is 27.9 Å². The van der Waals surface area contributed by atoms with Gasteiger partial charge in [-0.15, -0.1) is 0 Å². The quantitative estimate of drug-likeness (QED) is 0.568. The van der Waals surface area contributed by atoms with Crippen LogP contribution in [0, 0.1) is 0 Å². The number of Topliss-reactive ketones (excluding diaryl/α,β-unsaturated/α-hetero) is 1. The number of benzene rings is 1. The molecule has 1 aromatic carbocycles. The van der Waals surface area contributed by atoms with Gasteiger partial charge in [0.15, 0.2) is 23.3 Å². The van der Waals surface area contributed by atoms with E-state index < -0.39 is 24.1 Å². The summed E-state index contributed by atoms with van der Waals surface area (Å²) in [6, 6.07) is 3.35. The number of amides is 3.